The molecule has 0 saturated carbocycles. The third kappa shape index (κ3) is 3.69. The van der Waals surface area contributed by atoms with Crippen molar-refractivity contribution in [2.24, 2.45) is 10.7 Å². The molecule has 3 heterocycles. The molecule has 2 aromatic carbocycles. The number of nitrogens with zero attached hydrogens (tertiary/aromatic N) is 2. The summed E-state index contributed by atoms with van der Waals surface area (Å²) in [5.41, 5.74) is -0.977. The minimum absolute atomic E-state index is 0.0129. The van der Waals surface area contributed by atoms with E-state index in [1.54, 1.807) is 12.1 Å². The zero-order valence-corrected chi connectivity index (χ0v) is 18.7. The van der Waals surface area contributed by atoms with E-state index in [2.05, 4.69) is 19.5 Å². The Kier molecular flexibility index (Phi) is 5.17. The van der Waals surface area contributed by atoms with E-state index in [1.165, 1.54) is 24.4 Å². The Labute approximate surface area is 200 Å². The number of carbonyl (C=O) groups is 1. The first-order valence-electron chi connectivity index (χ1n) is 10.1. The molecular formula is C22H14F4N4O5S. The smallest absolute Gasteiger partial charge is 0.457 e. The number of rotatable bonds is 4. The van der Waals surface area contributed by atoms with Crippen molar-refractivity contribution in [2.45, 2.75) is 17.5 Å². The second kappa shape index (κ2) is 7.91. The lowest BCUT2D eigenvalue weighted by atomic mass is 9.79. The number of hydrogen-bond acceptors (Lipinski definition) is 8. The van der Waals surface area contributed by atoms with Crippen LogP contribution in [0.5, 0.6) is 17.2 Å². The first kappa shape index (κ1) is 23.5. The van der Waals surface area contributed by atoms with Crippen LogP contribution in [0.15, 0.2) is 59.7 Å². The van der Waals surface area contributed by atoms with Gasteiger partial charge in [-0.15, -0.1) is 0 Å². The van der Waals surface area contributed by atoms with Crippen molar-refractivity contribution in [3.63, 3.8) is 0 Å². The fourth-order valence-corrected chi connectivity index (χ4v) is 4.48. The SMILES string of the molecule is NC1=NC2(C(=O)N1)c1cc(Cc3cccnc3F)ccc1Oc1ccc(OS(=O)(=O)C(F)(F)F)cc12. The number of guanidine groups is 1. The van der Waals surface area contributed by atoms with Crippen molar-refractivity contribution in [3.8, 4) is 17.2 Å². The van der Waals surface area contributed by atoms with Gasteiger partial charge in [-0.05, 0) is 42.0 Å². The summed E-state index contributed by atoms with van der Waals surface area (Å²) < 4.78 is 85.7. The summed E-state index contributed by atoms with van der Waals surface area (Å²) in [6.45, 7) is 0. The molecule has 0 aliphatic carbocycles. The van der Waals surface area contributed by atoms with Crippen LogP contribution in [0.25, 0.3) is 0 Å². The molecule has 1 amide bonds. The lowest BCUT2D eigenvalue weighted by Gasteiger charge is -2.33. The molecule has 2 aliphatic heterocycles. The molecule has 0 bridgehead atoms. The number of fused-ring (bicyclic) bond motifs is 4. The Balaban J connectivity index is 1.64. The number of benzene rings is 2. The minimum Gasteiger partial charge on any atom is -0.457 e. The molecule has 186 valence electrons. The standard InChI is InChI=1S/C22H14F4N4O5S/c23-18-12(2-1-7-28-18)8-11-3-5-16-14(9-11)21(19(31)29-20(27)30-21)15-10-13(4-6-17(15)34-16)35-36(32,33)22(24,25)26/h1-7,9-10H,8H2,(H3,27,29,30,31). The average molecular weight is 522 g/mol. The monoisotopic (exact) mass is 522 g/mol. The van der Waals surface area contributed by atoms with Crippen LogP contribution in [0.2, 0.25) is 0 Å². The van der Waals surface area contributed by atoms with Gasteiger partial charge in [0.1, 0.15) is 17.2 Å². The lowest BCUT2D eigenvalue weighted by Crippen LogP contribution is -2.41. The molecular weight excluding hydrogens is 508 g/mol. The highest BCUT2D eigenvalue weighted by Crippen LogP contribution is 2.51. The molecule has 3 aromatic rings. The molecule has 1 spiro atoms. The van der Waals surface area contributed by atoms with Crippen molar-refractivity contribution in [1.29, 1.82) is 0 Å². The summed E-state index contributed by atoms with van der Waals surface area (Å²) in [7, 11) is -5.99. The van der Waals surface area contributed by atoms with Crippen LogP contribution >= 0.6 is 0 Å². The van der Waals surface area contributed by atoms with E-state index in [0.717, 1.165) is 18.2 Å². The van der Waals surface area contributed by atoms with Gasteiger partial charge in [-0.1, -0.05) is 12.1 Å². The Hall–Kier alpha value is -4.20. The number of aliphatic imine (C=N–C) groups is 1. The van der Waals surface area contributed by atoms with Gasteiger partial charge in [-0.3, -0.25) is 10.1 Å². The van der Waals surface area contributed by atoms with Crippen molar-refractivity contribution < 1.29 is 39.7 Å². The van der Waals surface area contributed by atoms with Gasteiger partial charge in [0.05, 0.1) is 0 Å². The normalized spacial score (nSPS) is 18.7. The van der Waals surface area contributed by atoms with Crippen LogP contribution in [-0.2, 0) is 26.9 Å². The van der Waals surface area contributed by atoms with Crippen molar-refractivity contribution in [3.05, 3.63) is 82.9 Å². The number of alkyl halides is 3. The van der Waals surface area contributed by atoms with Crippen LogP contribution < -0.4 is 20.0 Å². The van der Waals surface area contributed by atoms with E-state index in [0.29, 0.717) is 5.56 Å². The molecule has 1 unspecified atom stereocenters. The quantitative estimate of drug-likeness (QED) is 0.233. The van der Waals surface area contributed by atoms with E-state index >= 15 is 0 Å². The number of ether oxygens (including phenoxy) is 1. The van der Waals surface area contributed by atoms with Gasteiger partial charge in [-0.2, -0.15) is 26.0 Å². The van der Waals surface area contributed by atoms with E-state index < -0.39 is 38.8 Å². The average Bonchev–Trinajstić information content (AvgIpc) is 3.09. The number of aromatic nitrogens is 1. The summed E-state index contributed by atoms with van der Waals surface area (Å²) in [5.74, 6) is -2.25. The zero-order valence-electron chi connectivity index (χ0n) is 17.8. The molecule has 1 atom stereocenters. The number of amides is 1. The molecule has 36 heavy (non-hydrogen) atoms. The van der Waals surface area contributed by atoms with Crippen molar-refractivity contribution in [1.82, 2.24) is 10.3 Å². The van der Waals surface area contributed by atoms with E-state index in [9.17, 15) is 30.8 Å². The Morgan fingerprint density at radius 1 is 1.08 bits per heavy atom. The summed E-state index contributed by atoms with van der Waals surface area (Å²) >= 11 is 0. The van der Waals surface area contributed by atoms with Crippen LogP contribution in [0, 0.1) is 5.95 Å². The van der Waals surface area contributed by atoms with E-state index in [1.807, 2.05) is 0 Å². The van der Waals surface area contributed by atoms with Gasteiger partial charge < -0.3 is 14.7 Å². The lowest BCUT2D eigenvalue weighted by molar-refractivity contribution is -0.122. The summed E-state index contributed by atoms with van der Waals surface area (Å²) in [4.78, 5) is 21.0. The minimum atomic E-state index is -5.99. The highest BCUT2D eigenvalue weighted by Gasteiger charge is 2.53. The highest BCUT2D eigenvalue weighted by molar-refractivity contribution is 7.88. The first-order chi connectivity index (χ1) is 16.9. The number of halogens is 4. The van der Waals surface area contributed by atoms with Crippen LogP contribution in [0.1, 0.15) is 22.3 Å². The van der Waals surface area contributed by atoms with E-state index in [4.69, 9.17) is 10.5 Å². The predicted molar refractivity (Wildman–Crippen MR) is 116 cm³/mol. The Morgan fingerprint density at radius 3 is 2.42 bits per heavy atom. The summed E-state index contributed by atoms with van der Waals surface area (Å²) in [6.07, 6.45) is 1.38. The van der Waals surface area contributed by atoms with Crippen LogP contribution in [0.3, 0.4) is 0 Å². The molecule has 0 fully saturated rings. The fraction of sp³-hybridized carbons (Fsp3) is 0.136. The van der Waals surface area contributed by atoms with Crippen LogP contribution in [0.4, 0.5) is 17.6 Å². The molecule has 0 radical (unpaired) electrons. The highest BCUT2D eigenvalue weighted by atomic mass is 32.2. The van der Waals surface area contributed by atoms with Gasteiger partial charge in [-0.25, -0.2) is 9.98 Å². The maximum Gasteiger partial charge on any atom is 0.534 e. The van der Waals surface area contributed by atoms with Crippen molar-refractivity contribution >= 4 is 22.0 Å². The van der Waals surface area contributed by atoms with Gasteiger partial charge in [0.2, 0.25) is 11.5 Å². The summed E-state index contributed by atoms with van der Waals surface area (Å²) in [5, 5.41) is 2.35. The zero-order chi connectivity index (χ0) is 25.9. The second-order valence-corrected chi connectivity index (χ2v) is 9.40. The molecule has 9 nitrogen and oxygen atoms in total. The number of nitrogens with two attached hydrogens (primary N) is 1. The molecule has 14 heteroatoms. The third-order valence-electron chi connectivity index (χ3n) is 5.57. The maximum absolute atomic E-state index is 14.1. The molecule has 0 saturated heterocycles. The van der Waals surface area contributed by atoms with Gasteiger partial charge in [0, 0.05) is 29.3 Å². The summed E-state index contributed by atoms with van der Waals surface area (Å²) in [6, 6.07) is 10.8. The molecule has 5 rings (SSSR count). The number of hydrogen-bond donors (Lipinski definition) is 2. The van der Waals surface area contributed by atoms with Crippen molar-refractivity contribution in [2.75, 3.05) is 0 Å². The van der Waals surface area contributed by atoms with Gasteiger partial charge in [0.25, 0.3) is 5.91 Å². The number of nitrogens with one attached hydrogen (secondary N) is 1. The van der Waals surface area contributed by atoms with Gasteiger partial charge in [0.15, 0.2) is 5.96 Å². The Bertz CT molecular complexity index is 1560. The number of pyridine rings is 1. The van der Waals surface area contributed by atoms with E-state index in [-0.39, 0.29) is 40.6 Å². The molecule has 1 aromatic heterocycles. The van der Waals surface area contributed by atoms with Gasteiger partial charge >= 0.3 is 15.6 Å². The molecule has 3 N–H and O–H groups in total. The molecule has 2 aliphatic rings. The number of carbonyl (C=O) groups excluding carboxylic acids is 1. The Morgan fingerprint density at radius 2 is 1.78 bits per heavy atom. The van der Waals surface area contributed by atoms with Crippen LogP contribution in [-0.4, -0.2) is 30.8 Å². The first-order valence-corrected chi connectivity index (χ1v) is 11.5. The fourth-order valence-electron chi connectivity index (χ4n) is 4.03. The topological polar surface area (TPSA) is 133 Å². The third-order valence-corrected chi connectivity index (χ3v) is 6.55. The predicted octanol–water partition coefficient (Wildman–Crippen LogP) is 2.83. The maximum atomic E-state index is 14.1. The second-order valence-electron chi connectivity index (χ2n) is 7.87. The largest absolute Gasteiger partial charge is 0.534 e.